The first-order valence-corrected chi connectivity index (χ1v) is 4.76. The first kappa shape index (κ1) is 12.1. The third-order valence-electron chi connectivity index (χ3n) is 1.69. The van der Waals surface area contributed by atoms with Gasteiger partial charge in [-0.3, -0.25) is 9.59 Å². The van der Waals surface area contributed by atoms with Crippen molar-refractivity contribution in [1.82, 2.24) is 0 Å². The molecule has 0 N–H and O–H groups in total. The molecule has 0 saturated heterocycles. The molecule has 3 heteroatoms. The van der Waals surface area contributed by atoms with Crippen molar-refractivity contribution in [2.45, 2.75) is 40.0 Å². The molecule has 0 fully saturated rings. The monoisotopic (exact) mass is 186 g/mol. The Hall–Kier alpha value is -0.860. The standard InChI is InChI=1S/C10H18O3/c1-4-7-13-10(12)6-5-9(11)8(2)3/h8H,4-7H2,1-3H3. The fourth-order valence-corrected chi connectivity index (χ4v) is 0.802. The summed E-state index contributed by atoms with van der Waals surface area (Å²) in [6.07, 6.45) is 1.35. The zero-order chi connectivity index (χ0) is 10.3. The lowest BCUT2D eigenvalue weighted by Gasteiger charge is -2.04. The highest BCUT2D eigenvalue weighted by atomic mass is 16.5. The molecule has 0 spiro atoms. The van der Waals surface area contributed by atoms with Gasteiger partial charge in [0.25, 0.3) is 0 Å². The van der Waals surface area contributed by atoms with E-state index in [0.29, 0.717) is 13.0 Å². The van der Waals surface area contributed by atoms with E-state index in [-0.39, 0.29) is 24.1 Å². The van der Waals surface area contributed by atoms with Gasteiger partial charge in [0.1, 0.15) is 5.78 Å². The van der Waals surface area contributed by atoms with E-state index in [2.05, 4.69) is 0 Å². The Bertz CT molecular complexity index is 173. The van der Waals surface area contributed by atoms with Crippen LogP contribution in [0.3, 0.4) is 0 Å². The summed E-state index contributed by atoms with van der Waals surface area (Å²) in [5.74, 6) is -0.136. The van der Waals surface area contributed by atoms with Crippen LogP contribution in [0.2, 0.25) is 0 Å². The summed E-state index contributed by atoms with van der Waals surface area (Å²) >= 11 is 0. The molecule has 0 aliphatic carbocycles. The maximum Gasteiger partial charge on any atom is 0.306 e. The molecule has 0 atom stereocenters. The van der Waals surface area contributed by atoms with Gasteiger partial charge in [-0.2, -0.15) is 0 Å². The van der Waals surface area contributed by atoms with Gasteiger partial charge in [-0.1, -0.05) is 20.8 Å². The van der Waals surface area contributed by atoms with Crippen LogP contribution >= 0.6 is 0 Å². The molecular weight excluding hydrogens is 168 g/mol. The lowest BCUT2D eigenvalue weighted by molar-refractivity contribution is -0.145. The van der Waals surface area contributed by atoms with Gasteiger partial charge in [-0.25, -0.2) is 0 Å². The number of hydrogen-bond acceptors (Lipinski definition) is 3. The second-order valence-electron chi connectivity index (χ2n) is 3.34. The number of carbonyl (C=O) groups excluding carboxylic acids is 2. The Labute approximate surface area is 79.5 Å². The second kappa shape index (κ2) is 6.63. The molecule has 0 aromatic carbocycles. The predicted molar refractivity (Wildman–Crippen MR) is 50.3 cm³/mol. The van der Waals surface area contributed by atoms with Gasteiger partial charge in [0, 0.05) is 12.3 Å². The van der Waals surface area contributed by atoms with E-state index in [1.165, 1.54) is 0 Å². The average molecular weight is 186 g/mol. The fraction of sp³-hybridized carbons (Fsp3) is 0.800. The van der Waals surface area contributed by atoms with Crippen LogP contribution in [0.15, 0.2) is 0 Å². The average Bonchev–Trinajstić information content (AvgIpc) is 2.10. The minimum Gasteiger partial charge on any atom is -0.466 e. The SMILES string of the molecule is CCCOC(=O)CCC(=O)C(C)C. The van der Waals surface area contributed by atoms with E-state index in [1.807, 2.05) is 20.8 Å². The molecule has 0 aliphatic rings. The molecule has 0 rings (SSSR count). The molecule has 0 bridgehead atoms. The molecule has 76 valence electrons. The molecule has 0 radical (unpaired) electrons. The Morgan fingerprint density at radius 2 is 1.85 bits per heavy atom. The number of esters is 1. The van der Waals surface area contributed by atoms with Gasteiger partial charge in [-0.15, -0.1) is 0 Å². The van der Waals surface area contributed by atoms with E-state index in [1.54, 1.807) is 0 Å². The van der Waals surface area contributed by atoms with Gasteiger partial charge in [0.15, 0.2) is 0 Å². The van der Waals surface area contributed by atoms with Crippen molar-refractivity contribution < 1.29 is 14.3 Å². The van der Waals surface area contributed by atoms with Gasteiger partial charge in [-0.05, 0) is 6.42 Å². The van der Waals surface area contributed by atoms with Crippen molar-refractivity contribution in [3.05, 3.63) is 0 Å². The molecule has 0 amide bonds. The summed E-state index contributed by atoms with van der Waals surface area (Å²) in [7, 11) is 0. The number of ether oxygens (including phenoxy) is 1. The van der Waals surface area contributed by atoms with E-state index >= 15 is 0 Å². The topological polar surface area (TPSA) is 43.4 Å². The third kappa shape index (κ3) is 6.31. The van der Waals surface area contributed by atoms with E-state index < -0.39 is 0 Å². The maximum atomic E-state index is 11.1. The second-order valence-corrected chi connectivity index (χ2v) is 3.34. The highest BCUT2D eigenvalue weighted by Crippen LogP contribution is 2.02. The van der Waals surface area contributed by atoms with E-state index in [0.717, 1.165) is 6.42 Å². The minimum absolute atomic E-state index is 0.0129. The molecule has 13 heavy (non-hydrogen) atoms. The van der Waals surface area contributed by atoms with E-state index in [9.17, 15) is 9.59 Å². The minimum atomic E-state index is -0.268. The quantitative estimate of drug-likeness (QED) is 0.595. The molecule has 3 nitrogen and oxygen atoms in total. The maximum absolute atomic E-state index is 11.1. The van der Waals surface area contributed by atoms with Crippen molar-refractivity contribution in [3.8, 4) is 0 Å². The number of rotatable bonds is 6. The largest absolute Gasteiger partial charge is 0.466 e. The molecule has 0 aromatic rings. The van der Waals surface area contributed by atoms with Gasteiger partial charge in [0.05, 0.1) is 13.0 Å². The number of ketones is 1. The van der Waals surface area contributed by atoms with Crippen molar-refractivity contribution >= 4 is 11.8 Å². The highest BCUT2D eigenvalue weighted by molar-refractivity contribution is 5.84. The summed E-state index contributed by atoms with van der Waals surface area (Å²) in [6, 6.07) is 0. The molecule has 0 aromatic heterocycles. The Balaban J connectivity index is 3.52. The van der Waals surface area contributed by atoms with Crippen LogP contribution in [0.4, 0.5) is 0 Å². The lowest BCUT2D eigenvalue weighted by atomic mass is 10.1. The van der Waals surface area contributed by atoms with Crippen molar-refractivity contribution in [2.75, 3.05) is 6.61 Å². The normalized spacial score (nSPS) is 10.2. The number of Topliss-reactive ketones (excluding diaryl/α,β-unsaturated/α-hetero) is 1. The van der Waals surface area contributed by atoms with Gasteiger partial charge in [0.2, 0.25) is 0 Å². The Morgan fingerprint density at radius 1 is 1.23 bits per heavy atom. The van der Waals surface area contributed by atoms with Crippen LogP contribution in [0.5, 0.6) is 0 Å². The summed E-state index contributed by atoms with van der Waals surface area (Å²) in [5, 5.41) is 0. The lowest BCUT2D eigenvalue weighted by Crippen LogP contribution is -2.11. The summed E-state index contributed by atoms with van der Waals surface area (Å²) in [4.78, 5) is 22.1. The molecular formula is C10H18O3. The fourth-order valence-electron chi connectivity index (χ4n) is 0.802. The molecule has 0 saturated carbocycles. The third-order valence-corrected chi connectivity index (χ3v) is 1.69. The van der Waals surface area contributed by atoms with Crippen molar-refractivity contribution in [1.29, 1.82) is 0 Å². The van der Waals surface area contributed by atoms with Crippen LogP contribution < -0.4 is 0 Å². The van der Waals surface area contributed by atoms with Crippen LogP contribution in [0, 0.1) is 5.92 Å². The smallest absolute Gasteiger partial charge is 0.306 e. The Morgan fingerprint density at radius 3 is 2.31 bits per heavy atom. The van der Waals surface area contributed by atoms with Crippen LogP contribution in [-0.2, 0) is 14.3 Å². The van der Waals surface area contributed by atoms with Crippen molar-refractivity contribution in [2.24, 2.45) is 5.92 Å². The molecule has 0 aliphatic heterocycles. The number of hydrogen-bond donors (Lipinski definition) is 0. The zero-order valence-electron chi connectivity index (χ0n) is 8.63. The van der Waals surface area contributed by atoms with Crippen molar-refractivity contribution in [3.63, 3.8) is 0 Å². The molecule has 0 unspecified atom stereocenters. The highest BCUT2D eigenvalue weighted by Gasteiger charge is 2.10. The summed E-state index contributed by atoms with van der Waals surface area (Å²) in [6.45, 7) is 6.06. The first-order valence-electron chi connectivity index (χ1n) is 4.76. The Kier molecular flexibility index (Phi) is 6.20. The van der Waals surface area contributed by atoms with Crippen LogP contribution in [-0.4, -0.2) is 18.4 Å². The van der Waals surface area contributed by atoms with Gasteiger partial charge < -0.3 is 4.74 Å². The first-order chi connectivity index (χ1) is 6.07. The predicted octanol–water partition coefficient (Wildman–Crippen LogP) is 1.94. The summed E-state index contributed by atoms with van der Waals surface area (Å²) in [5.41, 5.74) is 0. The van der Waals surface area contributed by atoms with Gasteiger partial charge >= 0.3 is 5.97 Å². The zero-order valence-corrected chi connectivity index (χ0v) is 8.63. The van der Waals surface area contributed by atoms with E-state index in [4.69, 9.17) is 4.74 Å². The summed E-state index contributed by atoms with van der Waals surface area (Å²) < 4.78 is 4.83. The molecule has 0 heterocycles. The van der Waals surface area contributed by atoms with Crippen LogP contribution in [0.1, 0.15) is 40.0 Å². The van der Waals surface area contributed by atoms with Crippen LogP contribution in [0.25, 0.3) is 0 Å². The number of carbonyl (C=O) groups is 2.